The van der Waals surface area contributed by atoms with Gasteiger partial charge in [-0.1, -0.05) is 67.8 Å². The van der Waals surface area contributed by atoms with Gasteiger partial charge in [-0.25, -0.2) is 4.98 Å². The summed E-state index contributed by atoms with van der Waals surface area (Å²) in [4.78, 5) is 4.64. The number of ether oxygens (including phenoxy) is 1. The standard InChI is InChI=1S/C30H41N2O3.CH4O3S/c1-29(2,35-26-18-12-7-13-19-26)20-21-32(3,4)23-27-22-31-28(34-27)30(33,24-14-8-5-9-15-24)25-16-10-6-11-17-25;1-5(2,3)4/h5,7-9,12-15,18-19,22,25,33H,6,10-11,16-17,20-21,23H2,1-4H3;1H3,(H,2,3,4)/q+1;. The normalized spacial score (nSPS) is 16.5. The molecule has 3 aromatic rings. The second kappa shape index (κ2) is 13.3. The van der Waals surface area contributed by atoms with Gasteiger partial charge in [-0.05, 0) is 44.4 Å². The van der Waals surface area contributed by atoms with Crippen LogP contribution in [-0.4, -0.2) is 60.0 Å². The molecule has 220 valence electrons. The Labute approximate surface area is 239 Å². The highest BCUT2D eigenvalue weighted by atomic mass is 32.2. The van der Waals surface area contributed by atoms with E-state index in [9.17, 15) is 13.5 Å². The van der Waals surface area contributed by atoms with Crippen LogP contribution >= 0.6 is 0 Å². The SMILES string of the molecule is CC(C)(CC[N+](C)(C)Cc1cnc(C(O)(c2ccccc2)C2CCCCC2)o1)Oc1ccccc1.CS(=O)(=O)O. The molecule has 1 aliphatic rings. The van der Waals surface area contributed by atoms with E-state index in [0.29, 0.717) is 18.7 Å². The lowest BCUT2D eigenvalue weighted by molar-refractivity contribution is -0.905. The summed E-state index contributed by atoms with van der Waals surface area (Å²) < 4.78 is 39.2. The third kappa shape index (κ3) is 9.73. The highest BCUT2D eigenvalue weighted by Crippen LogP contribution is 2.43. The van der Waals surface area contributed by atoms with E-state index < -0.39 is 15.7 Å². The molecule has 0 aliphatic heterocycles. The van der Waals surface area contributed by atoms with E-state index in [0.717, 1.165) is 60.2 Å². The molecule has 1 atom stereocenters. The molecule has 1 fully saturated rings. The molecule has 1 unspecified atom stereocenters. The molecule has 1 aromatic heterocycles. The number of hydrogen-bond acceptors (Lipinski definition) is 6. The van der Waals surface area contributed by atoms with Gasteiger partial charge in [-0.3, -0.25) is 4.55 Å². The van der Waals surface area contributed by atoms with Crippen LogP contribution in [0.4, 0.5) is 0 Å². The fourth-order valence-corrected chi connectivity index (χ4v) is 5.23. The Morgan fingerprint density at radius 2 is 1.55 bits per heavy atom. The van der Waals surface area contributed by atoms with Crippen LogP contribution in [0.25, 0.3) is 0 Å². The van der Waals surface area contributed by atoms with Crippen LogP contribution in [0.15, 0.2) is 71.3 Å². The van der Waals surface area contributed by atoms with E-state index >= 15 is 0 Å². The molecule has 2 aromatic carbocycles. The van der Waals surface area contributed by atoms with E-state index in [4.69, 9.17) is 13.7 Å². The predicted octanol–water partition coefficient (Wildman–Crippen LogP) is 5.82. The number of rotatable bonds is 10. The van der Waals surface area contributed by atoms with Gasteiger partial charge in [0, 0.05) is 12.3 Å². The van der Waals surface area contributed by atoms with E-state index in [1.807, 2.05) is 60.7 Å². The van der Waals surface area contributed by atoms with Crippen LogP contribution in [0, 0.1) is 5.92 Å². The van der Waals surface area contributed by atoms with Crippen LogP contribution in [0.2, 0.25) is 0 Å². The highest BCUT2D eigenvalue weighted by Gasteiger charge is 2.45. The van der Waals surface area contributed by atoms with Crippen molar-refractivity contribution in [3.63, 3.8) is 0 Å². The average Bonchev–Trinajstić information content (AvgIpc) is 3.36. The molecule has 0 amide bonds. The zero-order valence-electron chi connectivity index (χ0n) is 24.4. The predicted molar refractivity (Wildman–Crippen MR) is 156 cm³/mol. The maximum atomic E-state index is 12.1. The number of para-hydroxylation sites is 1. The van der Waals surface area contributed by atoms with Crippen LogP contribution in [0.3, 0.4) is 0 Å². The molecule has 0 saturated heterocycles. The second-order valence-corrected chi connectivity index (χ2v) is 13.5. The third-order valence-corrected chi connectivity index (χ3v) is 7.33. The molecule has 4 rings (SSSR count). The van der Waals surface area contributed by atoms with Gasteiger partial charge in [0.2, 0.25) is 5.89 Å². The quantitative estimate of drug-likeness (QED) is 0.232. The first-order valence-corrected chi connectivity index (χ1v) is 15.7. The molecule has 1 aliphatic carbocycles. The lowest BCUT2D eigenvalue weighted by Gasteiger charge is -2.36. The summed E-state index contributed by atoms with van der Waals surface area (Å²) in [5.74, 6) is 2.24. The average molecular weight is 574 g/mol. The first-order chi connectivity index (χ1) is 18.7. The fraction of sp³-hybridized carbons (Fsp3) is 0.516. The van der Waals surface area contributed by atoms with Crippen molar-refractivity contribution < 1.29 is 31.7 Å². The van der Waals surface area contributed by atoms with Gasteiger partial charge in [0.05, 0.1) is 33.1 Å². The minimum absolute atomic E-state index is 0.114. The summed E-state index contributed by atoms with van der Waals surface area (Å²) in [7, 11) is 0.733. The van der Waals surface area contributed by atoms with E-state index in [1.165, 1.54) is 6.42 Å². The molecule has 0 radical (unpaired) electrons. The van der Waals surface area contributed by atoms with Crippen molar-refractivity contribution in [2.75, 3.05) is 26.9 Å². The number of benzene rings is 2. The minimum atomic E-state index is -3.67. The molecule has 2 N–H and O–H groups in total. The van der Waals surface area contributed by atoms with Gasteiger partial charge >= 0.3 is 0 Å². The van der Waals surface area contributed by atoms with Gasteiger partial charge in [-0.2, -0.15) is 8.42 Å². The Balaban J connectivity index is 0.000000810. The summed E-state index contributed by atoms with van der Waals surface area (Å²) in [5.41, 5.74) is -0.602. The zero-order valence-corrected chi connectivity index (χ0v) is 25.2. The van der Waals surface area contributed by atoms with E-state index in [-0.39, 0.29) is 11.5 Å². The van der Waals surface area contributed by atoms with Crippen LogP contribution < -0.4 is 4.74 Å². The largest absolute Gasteiger partial charge is 0.488 e. The number of nitrogens with zero attached hydrogens (tertiary/aromatic N) is 2. The number of quaternary nitrogens is 1. The van der Waals surface area contributed by atoms with Crippen LogP contribution in [0.1, 0.15) is 69.6 Å². The Morgan fingerprint density at radius 3 is 2.12 bits per heavy atom. The Morgan fingerprint density at radius 1 is 1.00 bits per heavy atom. The molecule has 9 heteroatoms. The summed E-state index contributed by atoms with van der Waals surface area (Å²) in [6.45, 7) is 5.89. The first kappa shape index (κ1) is 31.8. The van der Waals surface area contributed by atoms with Crippen molar-refractivity contribution in [3.8, 4) is 5.75 Å². The van der Waals surface area contributed by atoms with Crippen molar-refractivity contribution >= 4 is 10.1 Å². The van der Waals surface area contributed by atoms with E-state index in [2.05, 4.69) is 32.9 Å². The topological polar surface area (TPSA) is 110 Å². The maximum absolute atomic E-state index is 12.1. The third-order valence-electron chi connectivity index (χ3n) is 7.33. The molecular formula is C31H45N2O6S+. The highest BCUT2D eigenvalue weighted by molar-refractivity contribution is 7.85. The molecule has 8 nitrogen and oxygen atoms in total. The zero-order chi connectivity index (χ0) is 29.4. The van der Waals surface area contributed by atoms with E-state index in [1.54, 1.807) is 6.20 Å². The maximum Gasteiger partial charge on any atom is 0.261 e. The molecule has 0 spiro atoms. The van der Waals surface area contributed by atoms with Gasteiger partial charge in [0.1, 0.15) is 17.9 Å². The lowest BCUT2D eigenvalue weighted by atomic mass is 9.73. The smallest absolute Gasteiger partial charge is 0.261 e. The molecule has 40 heavy (non-hydrogen) atoms. The van der Waals surface area contributed by atoms with Crippen molar-refractivity contribution in [1.29, 1.82) is 0 Å². The van der Waals surface area contributed by atoms with Crippen molar-refractivity contribution in [3.05, 3.63) is 84.1 Å². The van der Waals surface area contributed by atoms with Gasteiger partial charge in [0.25, 0.3) is 10.1 Å². The lowest BCUT2D eigenvalue weighted by Crippen LogP contribution is -2.43. The van der Waals surface area contributed by atoms with Crippen LogP contribution in [0.5, 0.6) is 5.75 Å². The fourth-order valence-electron chi connectivity index (χ4n) is 5.23. The summed E-state index contributed by atoms with van der Waals surface area (Å²) in [6, 6.07) is 19.9. The molecular weight excluding hydrogens is 528 g/mol. The molecule has 1 saturated carbocycles. The number of aliphatic hydroxyl groups is 1. The van der Waals surface area contributed by atoms with Gasteiger partial charge in [0.15, 0.2) is 11.4 Å². The summed E-state index contributed by atoms with van der Waals surface area (Å²) >= 11 is 0. The summed E-state index contributed by atoms with van der Waals surface area (Å²) in [5, 5.41) is 12.1. The Hall–Kier alpha value is -2.72. The Kier molecular flexibility index (Phi) is 10.6. The van der Waals surface area contributed by atoms with Crippen molar-refractivity contribution in [2.24, 2.45) is 5.92 Å². The van der Waals surface area contributed by atoms with Gasteiger partial charge in [-0.15, -0.1) is 0 Å². The minimum Gasteiger partial charge on any atom is -0.488 e. The molecule has 0 bridgehead atoms. The monoisotopic (exact) mass is 573 g/mol. The van der Waals surface area contributed by atoms with Crippen molar-refractivity contribution in [1.82, 2.24) is 4.98 Å². The summed E-state index contributed by atoms with van der Waals surface area (Å²) in [6.07, 6.45) is 8.89. The van der Waals surface area contributed by atoms with Crippen LogP contribution in [-0.2, 0) is 22.3 Å². The number of hydrogen-bond donors (Lipinski definition) is 2. The number of aromatic nitrogens is 1. The number of oxazole rings is 1. The van der Waals surface area contributed by atoms with Crippen molar-refractivity contribution in [2.45, 2.75) is 70.1 Å². The van der Waals surface area contributed by atoms with Gasteiger partial charge < -0.3 is 18.7 Å². The molecule has 1 heterocycles. The first-order valence-electron chi connectivity index (χ1n) is 13.9. The second-order valence-electron chi connectivity index (χ2n) is 12.1. The Bertz CT molecular complexity index is 1280.